The van der Waals surface area contributed by atoms with Gasteiger partial charge in [0.05, 0.1) is 0 Å². The van der Waals surface area contributed by atoms with Crippen molar-refractivity contribution in [3.63, 3.8) is 0 Å². The number of hydrogen-bond donors (Lipinski definition) is 0. The summed E-state index contributed by atoms with van der Waals surface area (Å²) in [5.41, 5.74) is 0.444. The van der Waals surface area contributed by atoms with Crippen LogP contribution >= 0.6 is 0 Å². The van der Waals surface area contributed by atoms with Crippen molar-refractivity contribution in [3.05, 3.63) is 0 Å². The highest BCUT2D eigenvalue weighted by molar-refractivity contribution is 5.32. The quantitative estimate of drug-likeness (QED) is 0.465. The fraction of sp³-hybridized carbons (Fsp3) is 0.778. The molecular weight excluding hydrogens is 108 g/mol. The van der Waals surface area contributed by atoms with Gasteiger partial charge in [-0.1, -0.05) is 25.2 Å². The standard InChI is InChI=1S/C9H12/c1-3-8-7-4-5-9(8,2)6-7/h7-8H,3,6H2,1-2H3. The normalized spacial score (nSPS) is 51.8. The third-order valence-electron chi connectivity index (χ3n) is 2.93. The summed E-state index contributed by atoms with van der Waals surface area (Å²) >= 11 is 0. The van der Waals surface area contributed by atoms with E-state index < -0.39 is 0 Å². The Kier molecular flexibility index (Phi) is 0.799. The largest absolute Gasteiger partial charge is 0.0989 e. The molecule has 0 radical (unpaired) electrons. The molecule has 0 aromatic heterocycles. The summed E-state index contributed by atoms with van der Waals surface area (Å²) in [5.74, 6) is 8.27. The van der Waals surface area contributed by atoms with Crippen LogP contribution in [0.2, 0.25) is 0 Å². The molecule has 1 saturated carbocycles. The van der Waals surface area contributed by atoms with Crippen LogP contribution in [0.5, 0.6) is 0 Å². The van der Waals surface area contributed by atoms with Crippen molar-refractivity contribution in [2.24, 2.45) is 17.3 Å². The predicted octanol–water partition coefficient (Wildman–Crippen LogP) is 2.06. The topological polar surface area (TPSA) is 0 Å². The van der Waals surface area contributed by atoms with E-state index in [0.717, 1.165) is 11.8 Å². The molecule has 0 saturated heterocycles. The Morgan fingerprint density at radius 2 is 2.44 bits per heavy atom. The van der Waals surface area contributed by atoms with Gasteiger partial charge in [-0.2, -0.15) is 0 Å². The van der Waals surface area contributed by atoms with Crippen LogP contribution in [0, 0.1) is 29.1 Å². The highest BCUT2D eigenvalue weighted by Crippen LogP contribution is 2.55. The molecule has 48 valence electrons. The summed E-state index contributed by atoms with van der Waals surface area (Å²) in [4.78, 5) is 0. The Hall–Kier alpha value is -0.440. The minimum absolute atomic E-state index is 0.444. The van der Waals surface area contributed by atoms with Gasteiger partial charge in [0.25, 0.3) is 0 Å². The lowest BCUT2D eigenvalue weighted by Gasteiger charge is -2.43. The van der Waals surface area contributed by atoms with Crippen molar-refractivity contribution in [1.82, 2.24) is 0 Å². The monoisotopic (exact) mass is 120 g/mol. The molecule has 0 heterocycles. The molecular formula is C9H12. The maximum atomic E-state index is 3.32. The van der Waals surface area contributed by atoms with Crippen LogP contribution < -0.4 is 0 Å². The van der Waals surface area contributed by atoms with E-state index in [9.17, 15) is 0 Å². The average Bonchev–Trinajstić information content (AvgIpc) is 2.24. The SMILES string of the molecule is CCC1C2C#CC1(C)C2. The lowest BCUT2D eigenvalue weighted by atomic mass is 9.59. The Morgan fingerprint density at radius 1 is 1.67 bits per heavy atom. The van der Waals surface area contributed by atoms with Gasteiger partial charge in [-0.3, -0.25) is 0 Å². The molecule has 0 aromatic carbocycles. The van der Waals surface area contributed by atoms with Crippen LogP contribution in [0.3, 0.4) is 0 Å². The minimum atomic E-state index is 0.444. The first-order chi connectivity index (χ1) is 4.26. The van der Waals surface area contributed by atoms with Gasteiger partial charge in [-0.15, -0.1) is 0 Å². The van der Waals surface area contributed by atoms with E-state index in [1.165, 1.54) is 12.8 Å². The number of hydrogen-bond acceptors (Lipinski definition) is 0. The third kappa shape index (κ3) is 0.459. The van der Waals surface area contributed by atoms with E-state index in [1.807, 2.05) is 0 Å². The van der Waals surface area contributed by atoms with Gasteiger partial charge in [0, 0.05) is 11.3 Å². The fourth-order valence-corrected chi connectivity index (χ4v) is 2.32. The van der Waals surface area contributed by atoms with Crippen LogP contribution in [-0.4, -0.2) is 0 Å². The zero-order chi connectivity index (χ0) is 6.48. The van der Waals surface area contributed by atoms with Crippen molar-refractivity contribution in [1.29, 1.82) is 0 Å². The van der Waals surface area contributed by atoms with E-state index in [2.05, 4.69) is 25.7 Å². The molecule has 0 amide bonds. The van der Waals surface area contributed by atoms with Gasteiger partial charge in [0.2, 0.25) is 0 Å². The van der Waals surface area contributed by atoms with E-state index >= 15 is 0 Å². The second-order valence-electron chi connectivity index (χ2n) is 3.51. The van der Waals surface area contributed by atoms with Crippen LogP contribution in [0.25, 0.3) is 0 Å². The van der Waals surface area contributed by atoms with E-state index in [4.69, 9.17) is 0 Å². The van der Waals surface area contributed by atoms with Crippen molar-refractivity contribution >= 4 is 0 Å². The van der Waals surface area contributed by atoms with Gasteiger partial charge < -0.3 is 0 Å². The molecule has 0 N–H and O–H groups in total. The first kappa shape index (κ1) is 5.35. The summed E-state index contributed by atoms with van der Waals surface area (Å²) in [6.45, 7) is 4.57. The second-order valence-corrected chi connectivity index (χ2v) is 3.51. The molecule has 3 rings (SSSR count). The van der Waals surface area contributed by atoms with E-state index in [-0.39, 0.29) is 0 Å². The predicted molar refractivity (Wildman–Crippen MR) is 37.8 cm³/mol. The van der Waals surface area contributed by atoms with E-state index in [1.54, 1.807) is 0 Å². The van der Waals surface area contributed by atoms with Crippen LogP contribution in [-0.2, 0) is 0 Å². The Labute approximate surface area is 56.6 Å². The van der Waals surface area contributed by atoms with Crippen molar-refractivity contribution in [2.75, 3.05) is 0 Å². The van der Waals surface area contributed by atoms with Crippen LogP contribution in [0.15, 0.2) is 0 Å². The van der Waals surface area contributed by atoms with Crippen LogP contribution in [0.4, 0.5) is 0 Å². The summed E-state index contributed by atoms with van der Waals surface area (Å²) in [5, 5.41) is 0. The van der Waals surface area contributed by atoms with Crippen molar-refractivity contribution < 1.29 is 0 Å². The Morgan fingerprint density at radius 3 is 2.67 bits per heavy atom. The zero-order valence-electron chi connectivity index (χ0n) is 6.07. The molecule has 0 nitrogen and oxygen atoms in total. The molecule has 3 atom stereocenters. The molecule has 9 heavy (non-hydrogen) atoms. The second kappa shape index (κ2) is 1.34. The van der Waals surface area contributed by atoms with Gasteiger partial charge in [0.1, 0.15) is 0 Å². The van der Waals surface area contributed by atoms with E-state index in [0.29, 0.717) is 5.41 Å². The number of rotatable bonds is 1. The first-order valence-electron chi connectivity index (χ1n) is 3.79. The molecule has 0 aromatic rings. The van der Waals surface area contributed by atoms with Gasteiger partial charge >= 0.3 is 0 Å². The smallest absolute Gasteiger partial charge is 0.0338 e. The average molecular weight is 120 g/mol. The fourth-order valence-electron chi connectivity index (χ4n) is 2.32. The maximum absolute atomic E-state index is 3.32. The molecule has 0 heteroatoms. The Balaban J connectivity index is 2.21. The lowest BCUT2D eigenvalue weighted by Crippen LogP contribution is -2.39. The van der Waals surface area contributed by atoms with Gasteiger partial charge in [-0.05, 0) is 19.3 Å². The molecule has 0 aliphatic heterocycles. The third-order valence-corrected chi connectivity index (χ3v) is 2.93. The summed E-state index contributed by atoms with van der Waals surface area (Å²) in [6, 6.07) is 0. The summed E-state index contributed by atoms with van der Waals surface area (Å²) < 4.78 is 0. The lowest BCUT2D eigenvalue weighted by molar-refractivity contribution is 0.0780. The van der Waals surface area contributed by atoms with Crippen molar-refractivity contribution in [2.45, 2.75) is 26.7 Å². The highest BCUT2D eigenvalue weighted by Gasteiger charge is 2.51. The van der Waals surface area contributed by atoms with Gasteiger partial charge in [0.15, 0.2) is 0 Å². The molecule has 3 aliphatic carbocycles. The van der Waals surface area contributed by atoms with Crippen molar-refractivity contribution in [3.8, 4) is 11.8 Å². The van der Waals surface area contributed by atoms with Crippen LogP contribution in [0.1, 0.15) is 26.7 Å². The molecule has 3 aliphatic rings. The Bertz CT molecular complexity index is 194. The first-order valence-corrected chi connectivity index (χ1v) is 3.79. The molecule has 2 bridgehead atoms. The molecule has 0 spiro atoms. The molecule has 1 fully saturated rings. The minimum Gasteiger partial charge on any atom is -0.0989 e. The summed E-state index contributed by atoms with van der Waals surface area (Å²) in [6.07, 6.45) is 2.63. The highest BCUT2D eigenvalue weighted by atomic mass is 14.5. The summed E-state index contributed by atoms with van der Waals surface area (Å²) in [7, 11) is 0. The van der Waals surface area contributed by atoms with Gasteiger partial charge in [-0.25, -0.2) is 0 Å². The molecule has 3 unspecified atom stereocenters. The zero-order valence-corrected chi connectivity index (χ0v) is 6.07. The maximum Gasteiger partial charge on any atom is 0.0338 e.